The minimum Gasteiger partial charge on any atom is -0.369 e. The third kappa shape index (κ3) is 3.98. The molecule has 1 aromatic rings. The Kier molecular flexibility index (Phi) is 6.37. The van der Waals surface area contributed by atoms with E-state index in [2.05, 4.69) is 58.2 Å². The molecule has 1 saturated carbocycles. The van der Waals surface area contributed by atoms with E-state index in [-0.39, 0.29) is 0 Å². The van der Waals surface area contributed by atoms with Crippen molar-refractivity contribution < 1.29 is 0 Å². The molecule has 0 heterocycles. The Balaban J connectivity index is 2.22. The zero-order valence-corrected chi connectivity index (χ0v) is 14.4. The van der Waals surface area contributed by atoms with Crippen LogP contribution in [0.2, 0.25) is 0 Å². The number of anilines is 1. The molecular weight excluding hydrogens is 312 g/mol. The standard InChI is InChI=1S/C17H27BrN2/c1-3-19-13-14-12-15(18)10-11-17(14)20(4-2)16-8-6-5-7-9-16/h10-12,16,19H,3-9,13H2,1-2H3. The summed E-state index contributed by atoms with van der Waals surface area (Å²) in [5, 5.41) is 3.47. The molecule has 0 aliphatic heterocycles. The number of hydrogen-bond donors (Lipinski definition) is 1. The Bertz CT molecular complexity index is 413. The summed E-state index contributed by atoms with van der Waals surface area (Å²) in [6, 6.07) is 7.46. The second-order valence-corrected chi connectivity index (χ2v) is 6.55. The molecule has 2 rings (SSSR count). The first-order valence-electron chi connectivity index (χ1n) is 8.02. The van der Waals surface area contributed by atoms with Gasteiger partial charge in [0.25, 0.3) is 0 Å². The summed E-state index contributed by atoms with van der Waals surface area (Å²) < 4.78 is 1.17. The van der Waals surface area contributed by atoms with Crippen LogP contribution >= 0.6 is 15.9 Å². The van der Waals surface area contributed by atoms with Crippen molar-refractivity contribution in [3.63, 3.8) is 0 Å². The van der Waals surface area contributed by atoms with Gasteiger partial charge < -0.3 is 10.2 Å². The van der Waals surface area contributed by atoms with E-state index in [1.807, 2.05) is 0 Å². The van der Waals surface area contributed by atoms with Gasteiger partial charge in [-0.05, 0) is 50.1 Å². The molecule has 0 aromatic heterocycles. The van der Waals surface area contributed by atoms with Crippen molar-refractivity contribution in [1.82, 2.24) is 5.32 Å². The van der Waals surface area contributed by atoms with Crippen molar-refractivity contribution >= 4 is 21.6 Å². The van der Waals surface area contributed by atoms with Gasteiger partial charge in [0.15, 0.2) is 0 Å². The fourth-order valence-corrected chi connectivity index (χ4v) is 3.66. The van der Waals surface area contributed by atoms with Gasteiger partial charge in [0, 0.05) is 29.3 Å². The first-order chi connectivity index (χ1) is 9.76. The Morgan fingerprint density at radius 2 is 1.95 bits per heavy atom. The molecule has 0 spiro atoms. The summed E-state index contributed by atoms with van der Waals surface area (Å²) in [4.78, 5) is 2.62. The van der Waals surface area contributed by atoms with Crippen LogP contribution in [-0.4, -0.2) is 19.1 Å². The van der Waals surface area contributed by atoms with E-state index < -0.39 is 0 Å². The maximum absolute atomic E-state index is 3.61. The largest absolute Gasteiger partial charge is 0.369 e. The van der Waals surface area contributed by atoms with Crippen LogP contribution in [0.25, 0.3) is 0 Å². The molecule has 112 valence electrons. The van der Waals surface area contributed by atoms with Crippen LogP contribution in [0.1, 0.15) is 51.5 Å². The molecular formula is C17H27BrN2. The number of benzene rings is 1. The highest BCUT2D eigenvalue weighted by Gasteiger charge is 2.21. The van der Waals surface area contributed by atoms with Gasteiger partial charge in [0.05, 0.1) is 0 Å². The highest BCUT2D eigenvalue weighted by molar-refractivity contribution is 9.10. The second-order valence-electron chi connectivity index (χ2n) is 5.63. The lowest BCUT2D eigenvalue weighted by Crippen LogP contribution is -2.37. The van der Waals surface area contributed by atoms with Crippen molar-refractivity contribution in [2.45, 2.75) is 58.5 Å². The maximum atomic E-state index is 3.61. The molecule has 20 heavy (non-hydrogen) atoms. The quantitative estimate of drug-likeness (QED) is 0.807. The average molecular weight is 339 g/mol. The third-order valence-corrected chi connectivity index (χ3v) is 4.77. The number of hydrogen-bond acceptors (Lipinski definition) is 2. The Labute approximate surface area is 132 Å². The second kappa shape index (κ2) is 8.04. The molecule has 0 bridgehead atoms. The van der Waals surface area contributed by atoms with Gasteiger partial charge in [-0.15, -0.1) is 0 Å². The zero-order valence-electron chi connectivity index (χ0n) is 12.8. The van der Waals surface area contributed by atoms with Crippen molar-refractivity contribution in [2.75, 3.05) is 18.0 Å². The van der Waals surface area contributed by atoms with Gasteiger partial charge in [-0.1, -0.05) is 42.1 Å². The highest BCUT2D eigenvalue weighted by Crippen LogP contribution is 2.31. The van der Waals surface area contributed by atoms with Crippen molar-refractivity contribution in [3.05, 3.63) is 28.2 Å². The van der Waals surface area contributed by atoms with E-state index in [1.165, 1.54) is 47.8 Å². The topological polar surface area (TPSA) is 15.3 Å². The summed E-state index contributed by atoms with van der Waals surface area (Å²) in [5.41, 5.74) is 2.83. The van der Waals surface area contributed by atoms with Gasteiger partial charge in [-0.3, -0.25) is 0 Å². The highest BCUT2D eigenvalue weighted by atomic mass is 79.9. The fraction of sp³-hybridized carbons (Fsp3) is 0.647. The molecule has 1 aliphatic carbocycles. The summed E-state index contributed by atoms with van der Waals surface area (Å²) >= 11 is 3.61. The van der Waals surface area contributed by atoms with Crippen molar-refractivity contribution in [3.8, 4) is 0 Å². The van der Waals surface area contributed by atoms with Crippen LogP contribution in [0.4, 0.5) is 5.69 Å². The van der Waals surface area contributed by atoms with E-state index >= 15 is 0 Å². The molecule has 0 amide bonds. The summed E-state index contributed by atoms with van der Waals surface area (Å²) in [6.45, 7) is 7.52. The van der Waals surface area contributed by atoms with Crippen LogP contribution in [0.15, 0.2) is 22.7 Å². The van der Waals surface area contributed by atoms with Crippen LogP contribution in [-0.2, 0) is 6.54 Å². The molecule has 0 atom stereocenters. The monoisotopic (exact) mass is 338 g/mol. The zero-order chi connectivity index (χ0) is 14.4. The Morgan fingerprint density at radius 1 is 1.20 bits per heavy atom. The average Bonchev–Trinajstić information content (AvgIpc) is 2.49. The first kappa shape index (κ1) is 15.8. The molecule has 3 heteroatoms. The number of halogens is 1. The molecule has 1 aliphatic rings. The van der Waals surface area contributed by atoms with E-state index in [1.54, 1.807) is 0 Å². The van der Waals surface area contributed by atoms with Crippen molar-refractivity contribution in [2.24, 2.45) is 0 Å². The Hall–Kier alpha value is -0.540. The van der Waals surface area contributed by atoms with E-state index in [0.717, 1.165) is 25.7 Å². The van der Waals surface area contributed by atoms with Gasteiger partial charge in [0.1, 0.15) is 0 Å². The van der Waals surface area contributed by atoms with Crippen molar-refractivity contribution in [1.29, 1.82) is 0 Å². The SMILES string of the molecule is CCNCc1cc(Br)ccc1N(CC)C1CCCCC1. The fourth-order valence-electron chi connectivity index (χ4n) is 3.25. The molecule has 0 radical (unpaired) electrons. The molecule has 2 nitrogen and oxygen atoms in total. The smallest absolute Gasteiger partial charge is 0.0415 e. The first-order valence-corrected chi connectivity index (χ1v) is 8.81. The Morgan fingerprint density at radius 3 is 2.60 bits per heavy atom. The van der Waals surface area contributed by atoms with Crippen LogP contribution in [0.3, 0.4) is 0 Å². The van der Waals surface area contributed by atoms with E-state index in [0.29, 0.717) is 0 Å². The lowest BCUT2D eigenvalue weighted by molar-refractivity contribution is 0.417. The minimum absolute atomic E-state index is 0.732. The van der Waals surface area contributed by atoms with Crippen LogP contribution in [0, 0.1) is 0 Å². The summed E-state index contributed by atoms with van der Waals surface area (Å²) in [6.07, 6.45) is 6.90. The van der Waals surface area contributed by atoms with Gasteiger partial charge >= 0.3 is 0 Å². The van der Waals surface area contributed by atoms with Crippen LogP contribution in [0.5, 0.6) is 0 Å². The van der Waals surface area contributed by atoms with Gasteiger partial charge in [0.2, 0.25) is 0 Å². The van der Waals surface area contributed by atoms with Gasteiger partial charge in [-0.25, -0.2) is 0 Å². The molecule has 0 unspecified atom stereocenters. The number of rotatable bonds is 6. The lowest BCUT2D eigenvalue weighted by atomic mass is 9.93. The van der Waals surface area contributed by atoms with Crippen LogP contribution < -0.4 is 10.2 Å². The number of nitrogens with zero attached hydrogens (tertiary/aromatic N) is 1. The van der Waals surface area contributed by atoms with Gasteiger partial charge in [-0.2, -0.15) is 0 Å². The minimum atomic E-state index is 0.732. The normalized spacial score (nSPS) is 16.4. The summed E-state index contributed by atoms with van der Waals surface area (Å²) in [7, 11) is 0. The molecule has 1 N–H and O–H groups in total. The predicted octanol–water partition coefficient (Wildman–Crippen LogP) is 4.72. The number of nitrogens with one attached hydrogen (secondary N) is 1. The molecule has 0 saturated heterocycles. The summed E-state index contributed by atoms with van der Waals surface area (Å²) in [5.74, 6) is 0. The lowest BCUT2D eigenvalue weighted by Gasteiger charge is -2.36. The maximum Gasteiger partial charge on any atom is 0.0415 e. The molecule has 1 fully saturated rings. The van der Waals surface area contributed by atoms with E-state index in [4.69, 9.17) is 0 Å². The predicted molar refractivity (Wildman–Crippen MR) is 91.4 cm³/mol. The third-order valence-electron chi connectivity index (χ3n) is 4.27. The molecule has 1 aromatic carbocycles. The van der Waals surface area contributed by atoms with E-state index in [9.17, 15) is 0 Å².